The largest absolute Gasteiger partial charge is 0.454 e. The van der Waals surface area contributed by atoms with Crippen molar-refractivity contribution >= 4 is 12.1 Å². The molecule has 2 rings (SSSR count). The van der Waals surface area contributed by atoms with Gasteiger partial charge in [0, 0.05) is 12.0 Å². The number of hydrogen-bond acceptors (Lipinski definition) is 3. The summed E-state index contributed by atoms with van der Waals surface area (Å²) in [6.07, 6.45) is 3.52. The van der Waals surface area contributed by atoms with E-state index in [1.54, 1.807) is 0 Å². The highest BCUT2D eigenvalue weighted by Gasteiger charge is 2.30. The third-order valence-corrected chi connectivity index (χ3v) is 2.60. The van der Waals surface area contributed by atoms with Gasteiger partial charge in [-0.2, -0.15) is 4.39 Å². The maximum atomic E-state index is 14.3. The number of rotatable bonds is 4. The summed E-state index contributed by atoms with van der Waals surface area (Å²) in [5, 5.41) is 0. The molecule has 98 valence electrons. The highest BCUT2D eigenvalue weighted by molar-refractivity contribution is 6.34. The molecule has 3 nitrogen and oxygen atoms in total. The molecular weight excluding hydrogens is 254 g/mol. The molecule has 0 amide bonds. The average molecular weight is 264 g/mol. The molecule has 1 atom stereocenters. The van der Waals surface area contributed by atoms with Crippen LogP contribution in [0.5, 0.6) is 5.75 Å². The van der Waals surface area contributed by atoms with E-state index >= 15 is 0 Å². The molecule has 1 aromatic carbocycles. The number of alkyl halides is 1. The SMILES string of the molecule is O=CC(=O)C1=CCC(F)(Oc2ccc(F)cc2)C=C1. The van der Waals surface area contributed by atoms with Gasteiger partial charge in [-0.15, -0.1) is 0 Å². The fourth-order valence-electron chi connectivity index (χ4n) is 1.62. The second kappa shape index (κ2) is 5.14. The van der Waals surface area contributed by atoms with Crippen molar-refractivity contribution in [1.29, 1.82) is 0 Å². The van der Waals surface area contributed by atoms with Crippen LogP contribution in [0.1, 0.15) is 6.42 Å². The van der Waals surface area contributed by atoms with E-state index in [4.69, 9.17) is 4.74 Å². The Morgan fingerprint density at radius 2 is 2.00 bits per heavy atom. The van der Waals surface area contributed by atoms with Crippen LogP contribution < -0.4 is 4.74 Å². The van der Waals surface area contributed by atoms with Gasteiger partial charge in [0.2, 0.25) is 5.78 Å². The standard InChI is InChI=1S/C14H10F2O3/c15-11-1-3-12(4-2-11)19-14(16)7-5-10(6-8-14)13(18)9-17/h1-7,9H,8H2. The lowest BCUT2D eigenvalue weighted by atomic mass is 10.0. The van der Waals surface area contributed by atoms with Crippen LogP contribution in [0.15, 0.2) is 48.1 Å². The van der Waals surface area contributed by atoms with Gasteiger partial charge in [0.1, 0.15) is 11.6 Å². The number of halogens is 2. The maximum Gasteiger partial charge on any atom is 0.271 e. The van der Waals surface area contributed by atoms with E-state index in [0.717, 1.165) is 18.2 Å². The Balaban J connectivity index is 2.09. The molecule has 0 fully saturated rings. The van der Waals surface area contributed by atoms with E-state index in [1.165, 1.54) is 24.3 Å². The third kappa shape index (κ3) is 3.13. The Morgan fingerprint density at radius 3 is 2.53 bits per heavy atom. The van der Waals surface area contributed by atoms with Gasteiger partial charge in [-0.05, 0) is 36.4 Å². The van der Waals surface area contributed by atoms with E-state index in [-0.39, 0.29) is 24.0 Å². The summed E-state index contributed by atoms with van der Waals surface area (Å²) in [6.45, 7) is 0. The summed E-state index contributed by atoms with van der Waals surface area (Å²) in [7, 11) is 0. The average Bonchev–Trinajstić information content (AvgIpc) is 2.41. The molecule has 0 heterocycles. The molecule has 0 spiro atoms. The number of ether oxygens (including phenoxy) is 1. The van der Waals surface area contributed by atoms with Gasteiger partial charge in [-0.25, -0.2) is 4.39 Å². The Labute approximate surface area is 108 Å². The van der Waals surface area contributed by atoms with E-state index in [1.807, 2.05) is 0 Å². The summed E-state index contributed by atoms with van der Waals surface area (Å²) in [4.78, 5) is 21.4. The van der Waals surface area contributed by atoms with Crippen LogP contribution >= 0.6 is 0 Å². The molecular formula is C14H10F2O3. The van der Waals surface area contributed by atoms with E-state index in [0.29, 0.717) is 0 Å². The first-order valence-corrected chi connectivity index (χ1v) is 5.55. The van der Waals surface area contributed by atoms with Gasteiger partial charge in [-0.3, -0.25) is 9.59 Å². The first-order valence-electron chi connectivity index (χ1n) is 5.55. The second-order valence-corrected chi connectivity index (χ2v) is 4.02. The van der Waals surface area contributed by atoms with Crippen molar-refractivity contribution in [3.05, 3.63) is 53.9 Å². The van der Waals surface area contributed by atoms with Gasteiger partial charge >= 0.3 is 0 Å². The van der Waals surface area contributed by atoms with Crippen molar-refractivity contribution in [3.8, 4) is 5.75 Å². The smallest absolute Gasteiger partial charge is 0.271 e. The summed E-state index contributed by atoms with van der Waals surface area (Å²) < 4.78 is 32.0. The van der Waals surface area contributed by atoms with Crippen LogP contribution in [0.3, 0.4) is 0 Å². The minimum Gasteiger partial charge on any atom is -0.454 e. The molecule has 1 unspecified atom stereocenters. The molecule has 0 saturated carbocycles. The molecule has 0 N–H and O–H groups in total. The fourth-order valence-corrected chi connectivity index (χ4v) is 1.62. The first-order chi connectivity index (χ1) is 9.02. The molecule has 0 radical (unpaired) electrons. The van der Waals surface area contributed by atoms with Gasteiger partial charge in [0.25, 0.3) is 5.85 Å². The summed E-state index contributed by atoms with van der Waals surface area (Å²) in [6, 6.07) is 4.92. The Morgan fingerprint density at radius 1 is 1.32 bits per heavy atom. The molecule has 0 aliphatic heterocycles. The maximum absolute atomic E-state index is 14.3. The Hall–Kier alpha value is -2.30. The van der Waals surface area contributed by atoms with Gasteiger partial charge in [0.05, 0.1) is 0 Å². The number of hydrogen-bond donors (Lipinski definition) is 0. The number of ketones is 1. The monoisotopic (exact) mass is 264 g/mol. The van der Waals surface area contributed by atoms with Crippen molar-refractivity contribution in [1.82, 2.24) is 0 Å². The number of Topliss-reactive ketones (excluding diaryl/α,β-unsaturated/α-hetero) is 1. The number of carbonyl (C=O) groups is 2. The van der Waals surface area contributed by atoms with Gasteiger partial charge in [0.15, 0.2) is 6.29 Å². The number of allylic oxidation sites excluding steroid dienone is 2. The third-order valence-electron chi connectivity index (χ3n) is 2.60. The molecule has 0 saturated heterocycles. The predicted octanol–water partition coefficient (Wildman–Crippen LogP) is 2.52. The van der Waals surface area contributed by atoms with Crippen molar-refractivity contribution in [2.24, 2.45) is 0 Å². The van der Waals surface area contributed by atoms with Crippen LogP contribution in [0.2, 0.25) is 0 Å². The van der Waals surface area contributed by atoms with Crippen molar-refractivity contribution in [2.75, 3.05) is 0 Å². The van der Waals surface area contributed by atoms with Crippen molar-refractivity contribution in [2.45, 2.75) is 12.3 Å². The minimum absolute atomic E-state index is 0.131. The highest BCUT2D eigenvalue weighted by atomic mass is 19.2. The topological polar surface area (TPSA) is 43.4 Å². The quantitative estimate of drug-likeness (QED) is 0.620. The lowest BCUT2D eigenvalue weighted by Gasteiger charge is -2.24. The molecule has 1 aliphatic rings. The molecule has 0 aromatic heterocycles. The molecule has 0 bridgehead atoms. The van der Waals surface area contributed by atoms with Crippen molar-refractivity contribution in [3.63, 3.8) is 0 Å². The first kappa shape index (κ1) is 13.1. The minimum atomic E-state index is -2.11. The van der Waals surface area contributed by atoms with Crippen LogP contribution in [0.4, 0.5) is 8.78 Å². The lowest BCUT2D eigenvalue weighted by Crippen LogP contribution is -2.29. The number of benzene rings is 1. The van der Waals surface area contributed by atoms with Gasteiger partial charge in [-0.1, -0.05) is 6.08 Å². The Kier molecular flexibility index (Phi) is 3.55. The fraction of sp³-hybridized carbons (Fsp3) is 0.143. The number of aldehydes is 1. The zero-order valence-corrected chi connectivity index (χ0v) is 9.81. The summed E-state index contributed by atoms with van der Waals surface area (Å²) in [5.74, 6) is -3.09. The zero-order chi connectivity index (χ0) is 13.9. The summed E-state index contributed by atoms with van der Waals surface area (Å²) in [5.41, 5.74) is 0.131. The van der Waals surface area contributed by atoms with E-state index in [9.17, 15) is 18.4 Å². The Bertz CT molecular complexity index is 561. The van der Waals surface area contributed by atoms with Crippen LogP contribution in [0.25, 0.3) is 0 Å². The predicted molar refractivity (Wildman–Crippen MR) is 63.8 cm³/mol. The van der Waals surface area contributed by atoms with E-state index in [2.05, 4.69) is 0 Å². The van der Waals surface area contributed by atoms with Gasteiger partial charge < -0.3 is 4.74 Å². The van der Waals surface area contributed by atoms with Crippen molar-refractivity contribution < 1.29 is 23.1 Å². The summed E-state index contributed by atoms with van der Waals surface area (Å²) >= 11 is 0. The molecule has 19 heavy (non-hydrogen) atoms. The zero-order valence-electron chi connectivity index (χ0n) is 9.81. The van der Waals surface area contributed by atoms with E-state index < -0.39 is 17.5 Å². The van der Waals surface area contributed by atoms with Crippen LogP contribution in [-0.2, 0) is 9.59 Å². The highest BCUT2D eigenvalue weighted by Crippen LogP contribution is 2.29. The molecule has 1 aliphatic carbocycles. The lowest BCUT2D eigenvalue weighted by molar-refractivity contribution is -0.127. The normalized spacial score (nSPS) is 21.7. The molecule has 1 aromatic rings. The second-order valence-electron chi connectivity index (χ2n) is 4.02. The number of carbonyl (C=O) groups excluding carboxylic acids is 2. The molecule has 5 heteroatoms. The van der Waals surface area contributed by atoms with Crippen LogP contribution in [-0.4, -0.2) is 17.9 Å². The van der Waals surface area contributed by atoms with Crippen LogP contribution in [0, 0.1) is 5.82 Å².